The standard InChI is InChI=1S/C15H13F3N2O/c1-2-10-5-3-4-6-12(10)20-14(21)11-7-8-13(19-9-11)15(16,17)18/h3-9H,2H2,1H3,(H,20,21). The number of rotatable bonds is 3. The van der Waals surface area contributed by atoms with Crippen molar-refractivity contribution in [2.24, 2.45) is 0 Å². The molecule has 1 amide bonds. The van der Waals surface area contributed by atoms with Crippen molar-refractivity contribution in [3.8, 4) is 0 Å². The molecule has 2 rings (SSSR count). The number of alkyl halides is 3. The third-order valence-corrected chi connectivity index (χ3v) is 2.96. The Bertz CT molecular complexity index is 636. The number of aryl methyl sites for hydroxylation is 1. The number of amides is 1. The number of carbonyl (C=O) groups is 1. The number of hydrogen-bond donors (Lipinski definition) is 1. The molecule has 110 valence electrons. The van der Waals surface area contributed by atoms with Crippen molar-refractivity contribution in [3.63, 3.8) is 0 Å². The van der Waals surface area contributed by atoms with Crippen LogP contribution in [0.4, 0.5) is 18.9 Å². The zero-order valence-corrected chi connectivity index (χ0v) is 11.2. The number of nitrogens with one attached hydrogen (secondary N) is 1. The first-order valence-electron chi connectivity index (χ1n) is 6.34. The smallest absolute Gasteiger partial charge is 0.322 e. The van der Waals surface area contributed by atoms with Crippen molar-refractivity contribution in [2.75, 3.05) is 5.32 Å². The van der Waals surface area contributed by atoms with Crippen LogP contribution in [0.3, 0.4) is 0 Å². The summed E-state index contributed by atoms with van der Waals surface area (Å²) in [7, 11) is 0. The van der Waals surface area contributed by atoms with E-state index in [4.69, 9.17) is 0 Å². The van der Waals surface area contributed by atoms with E-state index in [0.717, 1.165) is 30.3 Å². The van der Waals surface area contributed by atoms with Crippen LogP contribution < -0.4 is 5.32 Å². The SMILES string of the molecule is CCc1ccccc1NC(=O)c1ccc(C(F)(F)F)nc1. The average molecular weight is 294 g/mol. The summed E-state index contributed by atoms with van der Waals surface area (Å²) in [6.45, 7) is 1.95. The first-order valence-corrected chi connectivity index (χ1v) is 6.34. The van der Waals surface area contributed by atoms with Crippen molar-refractivity contribution in [3.05, 3.63) is 59.4 Å². The van der Waals surface area contributed by atoms with Crippen LogP contribution in [0.1, 0.15) is 28.5 Å². The van der Waals surface area contributed by atoms with Crippen LogP contribution in [0.2, 0.25) is 0 Å². The number of halogens is 3. The molecule has 0 spiro atoms. The number of nitrogens with zero attached hydrogens (tertiary/aromatic N) is 1. The molecule has 0 saturated heterocycles. The van der Waals surface area contributed by atoms with E-state index in [1.54, 1.807) is 12.1 Å². The van der Waals surface area contributed by atoms with Gasteiger partial charge in [0.25, 0.3) is 5.91 Å². The second kappa shape index (κ2) is 5.95. The molecule has 0 aliphatic rings. The Hall–Kier alpha value is -2.37. The van der Waals surface area contributed by atoms with Crippen LogP contribution in [-0.2, 0) is 12.6 Å². The molecule has 2 aromatic rings. The maximum atomic E-state index is 12.4. The van der Waals surface area contributed by atoms with Crippen LogP contribution in [-0.4, -0.2) is 10.9 Å². The predicted molar refractivity (Wildman–Crippen MR) is 73.0 cm³/mol. The fourth-order valence-corrected chi connectivity index (χ4v) is 1.84. The van der Waals surface area contributed by atoms with Crippen molar-refractivity contribution >= 4 is 11.6 Å². The average Bonchev–Trinajstić information content (AvgIpc) is 2.47. The molecular formula is C15H13F3N2O. The van der Waals surface area contributed by atoms with Crippen LogP contribution in [0.25, 0.3) is 0 Å². The molecule has 0 aliphatic heterocycles. The van der Waals surface area contributed by atoms with Gasteiger partial charge in [0.15, 0.2) is 0 Å². The molecule has 0 saturated carbocycles. The van der Waals surface area contributed by atoms with E-state index in [0.29, 0.717) is 5.69 Å². The Kier molecular flexibility index (Phi) is 4.26. The highest BCUT2D eigenvalue weighted by Crippen LogP contribution is 2.27. The molecule has 0 fully saturated rings. The Labute approximate surface area is 119 Å². The van der Waals surface area contributed by atoms with Crippen LogP contribution in [0.5, 0.6) is 0 Å². The van der Waals surface area contributed by atoms with Crippen molar-refractivity contribution in [1.29, 1.82) is 0 Å². The molecule has 1 aromatic heterocycles. The molecule has 0 radical (unpaired) electrons. The lowest BCUT2D eigenvalue weighted by atomic mass is 10.1. The van der Waals surface area contributed by atoms with E-state index in [2.05, 4.69) is 10.3 Å². The maximum Gasteiger partial charge on any atom is 0.433 e. The summed E-state index contributed by atoms with van der Waals surface area (Å²) in [4.78, 5) is 15.3. The van der Waals surface area contributed by atoms with Gasteiger partial charge in [-0.25, -0.2) is 0 Å². The van der Waals surface area contributed by atoms with Gasteiger partial charge in [-0.15, -0.1) is 0 Å². The lowest BCUT2D eigenvalue weighted by Crippen LogP contribution is -2.15. The Morgan fingerprint density at radius 3 is 2.48 bits per heavy atom. The lowest BCUT2D eigenvalue weighted by molar-refractivity contribution is -0.141. The second-order valence-corrected chi connectivity index (χ2v) is 4.39. The fourth-order valence-electron chi connectivity index (χ4n) is 1.84. The Morgan fingerprint density at radius 2 is 1.90 bits per heavy atom. The molecular weight excluding hydrogens is 281 g/mol. The third kappa shape index (κ3) is 3.59. The number of carbonyl (C=O) groups excluding carboxylic acids is 1. The number of pyridine rings is 1. The van der Waals surface area contributed by atoms with Gasteiger partial charge in [0.1, 0.15) is 5.69 Å². The third-order valence-electron chi connectivity index (χ3n) is 2.96. The normalized spacial score (nSPS) is 11.2. The summed E-state index contributed by atoms with van der Waals surface area (Å²) in [5.74, 6) is -0.489. The van der Waals surface area contributed by atoms with Gasteiger partial charge >= 0.3 is 6.18 Å². The van der Waals surface area contributed by atoms with Crippen molar-refractivity contribution in [1.82, 2.24) is 4.98 Å². The summed E-state index contributed by atoms with van der Waals surface area (Å²) in [6, 6.07) is 9.16. The number of aromatic nitrogens is 1. The predicted octanol–water partition coefficient (Wildman–Crippen LogP) is 3.92. The van der Waals surface area contributed by atoms with E-state index in [-0.39, 0.29) is 5.56 Å². The molecule has 6 heteroatoms. The van der Waals surface area contributed by atoms with E-state index in [1.165, 1.54) is 0 Å². The van der Waals surface area contributed by atoms with Crippen LogP contribution in [0, 0.1) is 0 Å². The summed E-state index contributed by atoms with van der Waals surface area (Å²) in [5, 5.41) is 2.68. The zero-order valence-electron chi connectivity index (χ0n) is 11.2. The summed E-state index contributed by atoms with van der Waals surface area (Å²) in [5.41, 5.74) is 0.650. The van der Waals surface area contributed by atoms with Gasteiger partial charge < -0.3 is 5.32 Å². The topological polar surface area (TPSA) is 42.0 Å². The molecule has 0 atom stereocenters. The zero-order chi connectivity index (χ0) is 15.5. The minimum Gasteiger partial charge on any atom is -0.322 e. The minimum atomic E-state index is -4.51. The molecule has 1 N–H and O–H groups in total. The largest absolute Gasteiger partial charge is 0.433 e. The van der Waals surface area contributed by atoms with Gasteiger partial charge in [-0.05, 0) is 30.2 Å². The van der Waals surface area contributed by atoms with E-state index in [1.807, 2.05) is 19.1 Å². The van der Waals surface area contributed by atoms with Crippen LogP contribution >= 0.6 is 0 Å². The fraction of sp³-hybridized carbons (Fsp3) is 0.200. The Morgan fingerprint density at radius 1 is 1.19 bits per heavy atom. The van der Waals surface area contributed by atoms with E-state index in [9.17, 15) is 18.0 Å². The molecule has 21 heavy (non-hydrogen) atoms. The quantitative estimate of drug-likeness (QED) is 0.932. The van der Waals surface area contributed by atoms with Crippen molar-refractivity contribution < 1.29 is 18.0 Å². The molecule has 0 unspecified atom stereocenters. The lowest BCUT2D eigenvalue weighted by Gasteiger charge is -2.10. The van der Waals surface area contributed by atoms with E-state index < -0.39 is 17.8 Å². The molecule has 0 aliphatic carbocycles. The van der Waals surface area contributed by atoms with Gasteiger partial charge in [0.2, 0.25) is 0 Å². The van der Waals surface area contributed by atoms with Crippen LogP contribution in [0.15, 0.2) is 42.6 Å². The minimum absolute atomic E-state index is 0.0777. The monoisotopic (exact) mass is 294 g/mol. The number of anilines is 1. The highest BCUT2D eigenvalue weighted by atomic mass is 19.4. The highest BCUT2D eigenvalue weighted by Gasteiger charge is 2.32. The summed E-state index contributed by atoms with van der Waals surface area (Å²) >= 11 is 0. The van der Waals surface area contributed by atoms with E-state index >= 15 is 0 Å². The molecule has 0 bridgehead atoms. The first-order chi connectivity index (χ1) is 9.91. The number of para-hydroxylation sites is 1. The number of benzene rings is 1. The van der Waals surface area contributed by atoms with Gasteiger partial charge in [-0.3, -0.25) is 9.78 Å². The Balaban J connectivity index is 2.17. The summed E-state index contributed by atoms with van der Waals surface area (Å²) in [6.07, 6.45) is -2.85. The van der Waals surface area contributed by atoms with Gasteiger partial charge in [0.05, 0.1) is 5.56 Å². The molecule has 1 aromatic carbocycles. The van der Waals surface area contributed by atoms with Gasteiger partial charge in [-0.2, -0.15) is 13.2 Å². The maximum absolute atomic E-state index is 12.4. The molecule has 3 nitrogen and oxygen atoms in total. The summed E-state index contributed by atoms with van der Waals surface area (Å²) < 4.78 is 37.2. The second-order valence-electron chi connectivity index (χ2n) is 4.39. The van der Waals surface area contributed by atoms with Gasteiger partial charge in [0, 0.05) is 11.9 Å². The number of hydrogen-bond acceptors (Lipinski definition) is 2. The van der Waals surface area contributed by atoms with Gasteiger partial charge in [-0.1, -0.05) is 25.1 Å². The molecule has 1 heterocycles. The highest BCUT2D eigenvalue weighted by molar-refractivity contribution is 6.04. The van der Waals surface area contributed by atoms with Crippen molar-refractivity contribution in [2.45, 2.75) is 19.5 Å². The first kappa shape index (κ1) is 15.0.